The fraction of sp³-hybridized carbons (Fsp3) is 0.235. The summed E-state index contributed by atoms with van der Waals surface area (Å²) in [4.78, 5) is 12.3. The van der Waals surface area contributed by atoms with Crippen LogP contribution in [0.1, 0.15) is 12.5 Å². The molecule has 7 heteroatoms. The third-order valence-corrected chi connectivity index (χ3v) is 4.68. The third kappa shape index (κ3) is 3.51. The molecule has 0 saturated heterocycles. The number of benzene rings is 1. The predicted molar refractivity (Wildman–Crippen MR) is 93.8 cm³/mol. The van der Waals surface area contributed by atoms with Crippen molar-refractivity contribution in [2.45, 2.75) is 24.3 Å². The van der Waals surface area contributed by atoms with Crippen LogP contribution >= 0.6 is 11.8 Å². The van der Waals surface area contributed by atoms with E-state index in [2.05, 4.69) is 15.5 Å². The number of carbonyl (C=O) groups excluding carboxylic acids is 1. The molecule has 0 spiro atoms. The minimum Gasteiger partial charge on any atom is -0.461 e. The van der Waals surface area contributed by atoms with Crippen LogP contribution in [0.3, 0.4) is 0 Å². The van der Waals surface area contributed by atoms with Gasteiger partial charge in [-0.1, -0.05) is 29.5 Å². The molecule has 2 aromatic heterocycles. The molecule has 0 aliphatic heterocycles. The molecule has 1 N–H and O–H groups in total. The average Bonchev–Trinajstić information content (AvgIpc) is 3.20. The first-order valence-corrected chi connectivity index (χ1v) is 8.40. The van der Waals surface area contributed by atoms with Crippen LogP contribution in [0.25, 0.3) is 11.6 Å². The van der Waals surface area contributed by atoms with Gasteiger partial charge in [0.05, 0.1) is 11.5 Å². The number of rotatable bonds is 5. The molecule has 1 atom stereocenters. The van der Waals surface area contributed by atoms with E-state index in [9.17, 15) is 4.79 Å². The molecule has 0 radical (unpaired) electrons. The van der Waals surface area contributed by atoms with Crippen LogP contribution < -0.4 is 5.32 Å². The van der Waals surface area contributed by atoms with Gasteiger partial charge in [-0.2, -0.15) is 0 Å². The minimum absolute atomic E-state index is 0.0774. The normalized spacial score (nSPS) is 12.1. The highest BCUT2D eigenvalue weighted by Crippen LogP contribution is 2.26. The second-order valence-corrected chi connectivity index (χ2v) is 6.77. The minimum atomic E-state index is -0.307. The standard InChI is InChI=1S/C17H18N4O2S/c1-11-6-8-13(9-7-11)18-16(22)12(2)24-17-20-19-15(21(17)3)14-5-4-10-23-14/h4-10,12H,1-3H3,(H,18,22). The average molecular weight is 342 g/mol. The quantitative estimate of drug-likeness (QED) is 0.718. The number of anilines is 1. The summed E-state index contributed by atoms with van der Waals surface area (Å²) in [6, 6.07) is 11.3. The Morgan fingerprint density at radius 3 is 2.67 bits per heavy atom. The zero-order valence-corrected chi connectivity index (χ0v) is 14.5. The third-order valence-electron chi connectivity index (χ3n) is 3.55. The Balaban J connectivity index is 1.67. The maximum Gasteiger partial charge on any atom is 0.237 e. The zero-order valence-electron chi connectivity index (χ0n) is 13.7. The van der Waals surface area contributed by atoms with Crippen LogP contribution in [-0.2, 0) is 11.8 Å². The van der Waals surface area contributed by atoms with Gasteiger partial charge in [0.25, 0.3) is 0 Å². The molecule has 0 fully saturated rings. The van der Waals surface area contributed by atoms with Crippen molar-refractivity contribution in [3.63, 3.8) is 0 Å². The van der Waals surface area contributed by atoms with Gasteiger partial charge in [0.2, 0.25) is 5.91 Å². The van der Waals surface area contributed by atoms with Crippen LogP contribution in [0, 0.1) is 6.92 Å². The predicted octanol–water partition coefficient (Wildman–Crippen LogP) is 3.50. The smallest absolute Gasteiger partial charge is 0.237 e. The summed E-state index contributed by atoms with van der Waals surface area (Å²) in [6.07, 6.45) is 1.59. The lowest BCUT2D eigenvalue weighted by atomic mass is 10.2. The van der Waals surface area contributed by atoms with E-state index in [4.69, 9.17) is 4.42 Å². The highest BCUT2D eigenvalue weighted by Gasteiger charge is 2.20. The van der Waals surface area contributed by atoms with E-state index in [1.165, 1.54) is 11.8 Å². The fourth-order valence-electron chi connectivity index (χ4n) is 2.13. The Hall–Kier alpha value is -2.54. The number of nitrogens with one attached hydrogen (secondary N) is 1. The summed E-state index contributed by atoms with van der Waals surface area (Å²) in [6.45, 7) is 3.85. The van der Waals surface area contributed by atoms with Crippen molar-refractivity contribution < 1.29 is 9.21 Å². The van der Waals surface area contributed by atoms with Gasteiger partial charge >= 0.3 is 0 Å². The summed E-state index contributed by atoms with van der Waals surface area (Å²) in [5.41, 5.74) is 1.94. The molecule has 3 aromatic rings. The first-order valence-electron chi connectivity index (χ1n) is 7.52. The number of hydrogen-bond donors (Lipinski definition) is 1. The molecule has 6 nitrogen and oxygen atoms in total. The summed E-state index contributed by atoms with van der Waals surface area (Å²) >= 11 is 1.35. The lowest BCUT2D eigenvalue weighted by molar-refractivity contribution is -0.115. The molecule has 1 aromatic carbocycles. The van der Waals surface area contributed by atoms with E-state index in [0.29, 0.717) is 16.7 Å². The number of carbonyl (C=O) groups is 1. The van der Waals surface area contributed by atoms with Gasteiger partial charge in [0, 0.05) is 12.7 Å². The van der Waals surface area contributed by atoms with Crippen LogP contribution in [0.4, 0.5) is 5.69 Å². The molecule has 3 rings (SSSR count). The van der Waals surface area contributed by atoms with Gasteiger partial charge in [-0.3, -0.25) is 4.79 Å². The number of aromatic nitrogens is 3. The molecule has 0 aliphatic carbocycles. The molecule has 24 heavy (non-hydrogen) atoms. The van der Waals surface area contributed by atoms with Crippen molar-refractivity contribution in [1.82, 2.24) is 14.8 Å². The van der Waals surface area contributed by atoms with Crippen LogP contribution in [0.15, 0.2) is 52.2 Å². The second kappa shape index (κ2) is 6.92. The van der Waals surface area contributed by atoms with Gasteiger partial charge in [0.1, 0.15) is 0 Å². The van der Waals surface area contributed by atoms with Gasteiger partial charge in [0.15, 0.2) is 16.7 Å². The Labute approximate surface area is 144 Å². The van der Waals surface area contributed by atoms with Crippen LogP contribution in [0.2, 0.25) is 0 Å². The number of nitrogens with zero attached hydrogens (tertiary/aromatic N) is 3. The summed E-state index contributed by atoms with van der Waals surface area (Å²) in [5, 5.41) is 11.5. The van der Waals surface area contributed by atoms with Crippen molar-refractivity contribution in [3.05, 3.63) is 48.2 Å². The van der Waals surface area contributed by atoms with Gasteiger partial charge < -0.3 is 14.3 Å². The van der Waals surface area contributed by atoms with Crippen LogP contribution in [0.5, 0.6) is 0 Å². The van der Waals surface area contributed by atoms with E-state index in [1.807, 2.05) is 55.8 Å². The lowest BCUT2D eigenvalue weighted by Crippen LogP contribution is -2.22. The number of aryl methyl sites for hydroxylation is 1. The largest absolute Gasteiger partial charge is 0.461 e. The van der Waals surface area contributed by atoms with E-state index in [0.717, 1.165) is 11.3 Å². The Kier molecular flexibility index (Phi) is 4.71. The summed E-state index contributed by atoms with van der Waals surface area (Å²) < 4.78 is 7.16. The van der Waals surface area contributed by atoms with Gasteiger partial charge in [-0.05, 0) is 38.1 Å². The number of thioether (sulfide) groups is 1. The van der Waals surface area contributed by atoms with E-state index in [-0.39, 0.29) is 11.2 Å². The summed E-state index contributed by atoms with van der Waals surface area (Å²) in [5.74, 6) is 1.20. The molecule has 0 bridgehead atoms. The molecular formula is C17H18N4O2S. The van der Waals surface area contributed by atoms with Crippen LogP contribution in [-0.4, -0.2) is 25.9 Å². The number of furan rings is 1. The Morgan fingerprint density at radius 2 is 2.00 bits per heavy atom. The molecule has 124 valence electrons. The first kappa shape index (κ1) is 16.3. The Bertz CT molecular complexity index is 825. The number of hydrogen-bond acceptors (Lipinski definition) is 5. The van der Waals surface area contributed by atoms with Crippen molar-refractivity contribution in [3.8, 4) is 11.6 Å². The monoisotopic (exact) mass is 342 g/mol. The number of amides is 1. The van der Waals surface area contributed by atoms with Crippen molar-refractivity contribution in [2.75, 3.05) is 5.32 Å². The zero-order chi connectivity index (χ0) is 17.1. The van der Waals surface area contributed by atoms with Crippen molar-refractivity contribution >= 4 is 23.4 Å². The maximum absolute atomic E-state index is 12.3. The second-order valence-electron chi connectivity index (χ2n) is 5.46. The Morgan fingerprint density at radius 1 is 1.25 bits per heavy atom. The topological polar surface area (TPSA) is 73.0 Å². The lowest BCUT2D eigenvalue weighted by Gasteiger charge is -2.11. The maximum atomic E-state index is 12.3. The molecule has 0 aliphatic rings. The fourth-order valence-corrected chi connectivity index (χ4v) is 2.95. The molecule has 1 amide bonds. The highest BCUT2D eigenvalue weighted by atomic mass is 32.2. The summed E-state index contributed by atoms with van der Waals surface area (Å²) in [7, 11) is 1.85. The molecular weight excluding hydrogens is 324 g/mol. The van der Waals surface area contributed by atoms with Gasteiger partial charge in [-0.25, -0.2) is 0 Å². The van der Waals surface area contributed by atoms with Crippen molar-refractivity contribution in [1.29, 1.82) is 0 Å². The first-order chi connectivity index (χ1) is 11.5. The van der Waals surface area contributed by atoms with E-state index < -0.39 is 0 Å². The van der Waals surface area contributed by atoms with Gasteiger partial charge in [-0.15, -0.1) is 10.2 Å². The van der Waals surface area contributed by atoms with E-state index >= 15 is 0 Å². The molecule has 1 unspecified atom stereocenters. The SMILES string of the molecule is Cc1ccc(NC(=O)C(C)Sc2nnc(-c3ccco3)n2C)cc1. The van der Waals surface area contributed by atoms with E-state index in [1.54, 1.807) is 12.3 Å². The highest BCUT2D eigenvalue weighted by molar-refractivity contribution is 8.00. The molecule has 2 heterocycles. The molecule has 0 saturated carbocycles. The van der Waals surface area contributed by atoms with Crippen molar-refractivity contribution in [2.24, 2.45) is 7.05 Å².